The zero-order valence-corrected chi connectivity index (χ0v) is 13.5. The van der Waals surface area contributed by atoms with E-state index in [1.165, 1.54) is 58.4 Å². The third kappa shape index (κ3) is 7.38. The Hall–Kier alpha value is -0.0800. The number of hydrogen-bond donors (Lipinski definition) is 1. The monoisotopic (exact) mass is 256 g/mol. The fraction of sp³-hybridized carbons (Fsp3) is 1.00. The van der Waals surface area contributed by atoms with Gasteiger partial charge in [-0.25, -0.2) is 0 Å². The predicted octanol–water partition coefficient (Wildman–Crippen LogP) is 3.77. The van der Waals surface area contributed by atoms with Crippen LogP contribution in [-0.4, -0.2) is 37.6 Å². The topological polar surface area (TPSA) is 15.3 Å². The Morgan fingerprint density at radius 2 is 1.39 bits per heavy atom. The maximum absolute atomic E-state index is 3.44. The molecule has 0 saturated carbocycles. The van der Waals surface area contributed by atoms with Crippen molar-refractivity contribution < 1.29 is 0 Å². The molecule has 0 atom stereocenters. The molecule has 110 valence electrons. The van der Waals surface area contributed by atoms with Crippen molar-refractivity contribution in [3.05, 3.63) is 0 Å². The van der Waals surface area contributed by atoms with Crippen molar-refractivity contribution >= 4 is 0 Å². The van der Waals surface area contributed by atoms with Crippen LogP contribution in [0.1, 0.15) is 60.3 Å². The Morgan fingerprint density at radius 1 is 0.889 bits per heavy atom. The van der Waals surface area contributed by atoms with Crippen molar-refractivity contribution in [2.45, 2.75) is 60.3 Å². The Kier molecular flexibility index (Phi) is 11.9. The van der Waals surface area contributed by atoms with E-state index in [0.29, 0.717) is 0 Å². The van der Waals surface area contributed by atoms with Crippen LogP contribution in [0, 0.1) is 11.8 Å². The summed E-state index contributed by atoms with van der Waals surface area (Å²) in [5.41, 5.74) is 0. The van der Waals surface area contributed by atoms with Gasteiger partial charge in [0.2, 0.25) is 0 Å². The second-order valence-electron chi connectivity index (χ2n) is 5.18. The molecule has 2 heteroatoms. The summed E-state index contributed by atoms with van der Waals surface area (Å²) >= 11 is 0. The van der Waals surface area contributed by atoms with Gasteiger partial charge in [0, 0.05) is 6.54 Å². The summed E-state index contributed by atoms with van der Waals surface area (Å²) in [5, 5.41) is 3.44. The number of nitrogens with one attached hydrogen (secondary N) is 1. The lowest BCUT2D eigenvalue weighted by Crippen LogP contribution is -2.39. The maximum Gasteiger partial charge on any atom is 0.00106 e. The van der Waals surface area contributed by atoms with Crippen molar-refractivity contribution in [2.75, 3.05) is 32.7 Å². The summed E-state index contributed by atoms with van der Waals surface area (Å²) in [6, 6.07) is 0. The van der Waals surface area contributed by atoms with Gasteiger partial charge in [0.05, 0.1) is 0 Å². The molecule has 0 aromatic carbocycles. The molecular weight excluding hydrogens is 220 g/mol. The molecule has 0 aromatic rings. The Labute approximate surface area is 116 Å². The zero-order valence-electron chi connectivity index (χ0n) is 13.5. The highest BCUT2D eigenvalue weighted by molar-refractivity contribution is 4.75. The van der Waals surface area contributed by atoms with E-state index in [0.717, 1.165) is 11.8 Å². The van der Waals surface area contributed by atoms with Gasteiger partial charge in [-0.3, -0.25) is 0 Å². The first-order chi connectivity index (χ1) is 8.84. The molecule has 2 aliphatic heterocycles. The largest absolute Gasteiger partial charge is 0.317 e. The van der Waals surface area contributed by atoms with E-state index in [-0.39, 0.29) is 0 Å². The number of hydrogen-bond acceptors (Lipinski definition) is 2. The summed E-state index contributed by atoms with van der Waals surface area (Å²) in [4.78, 5) is 2.69. The van der Waals surface area contributed by atoms with Crippen LogP contribution in [0.3, 0.4) is 0 Å². The highest BCUT2D eigenvalue weighted by Crippen LogP contribution is 2.19. The van der Waals surface area contributed by atoms with E-state index in [9.17, 15) is 0 Å². The van der Waals surface area contributed by atoms with Gasteiger partial charge < -0.3 is 10.2 Å². The first-order valence-corrected chi connectivity index (χ1v) is 8.27. The van der Waals surface area contributed by atoms with Crippen molar-refractivity contribution in [3.63, 3.8) is 0 Å². The highest BCUT2D eigenvalue weighted by Gasteiger charge is 2.20. The van der Waals surface area contributed by atoms with Crippen LogP contribution in [0.4, 0.5) is 0 Å². The molecule has 0 radical (unpaired) electrons. The molecule has 2 nitrogen and oxygen atoms in total. The molecular formula is C16H36N2. The molecule has 2 rings (SSSR count). The van der Waals surface area contributed by atoms with E-state index >= 15 is 0 Å². The third-order valence-electron chi connectivity index (χ3n) is 3.85. The van der Waals surface area contributed by atoms with Gasteiger partial charge in [0.25, 0.3) is 0 Å². The van der Waals surface area contributed by atoms with E-state index < -0.39 is 0 Å². The lowest BCUT2D eigenvalue weighted by Gasteiger charge is -2.34. The van der Waals surface area contributed by atoms with Gasteiger partial charge in [0.15, 0.2) is 0 Å². The normalized spacial score (nSPS) is 22.5. The molecule has 0 spiro atoms. The number of rotatable bonds is 2. The Morgan fingerprint density at radius 3 is 1.89 bits per heavy atom. The van der Waals surface area contributed by atoms with Gasteiger partial charge in [0.1, 0.15) is 0 Å². The van der Waals surface area contributed by atoms with Crippen LogP contribution in [0.5, 0.6) is 0 Å². The zero-order chi connectivity index (χ0) is 13.8. The first-order valence-electron chi connectivity index (χ1n) is 8.27. The standard InChI is InChI=1S/C12H24N2.2C2H6/c1-11-4-8-14(9-5-11)10-12-2-6-13-7-3-12;2*1-2/h11-13H,2-10H2,1H3;2*1-2H3. The minimum atomic E-state index is 0.972. The summed E-state index contributed by atoms with van der Waals surface area (Å²) in [6.07, 6.45) is 5.63. The summed E-state index contributed by atoms with van der Waals surface area (Å²) < 4.78 is 0. The van der Waals surface area contributed by atoms with Gasteiger partial charge in [-0.15, -0.1) is 0 Å². The van der Waals surface area contributed by atoms with E-state index in [4.69, 9.17) is 0 Å². The molecule has 2 saturated heterocycles. The van der Waals surface area contributed by atoms with E-state index in [2.05, 4.69) is 17.1 Å². The number of likely N-dealkylation sites (tertiary alicyclic amines) is 1. The van der Waals surface area contributed by atoms with Crippen molar-refractivity contribution in [2.24, 2.45) is 11.8 Å². The van der Waals surface area contributed by atoms with Crippen molar-refractivity contribution in [1.82, 2.24) is 10.2 Å². The molecule has 18 heavy (non-hydrogen) atoms. The van der Waals surface area contributed by atoms with Gasteiger partial charge in [-0.2, -0.15) is 0 Å². The quantitative estimate of drug-likeness (QED) is 0.809. The molecule has 0 aromatic heterocycles. The SMILES string of the molecule is CC.CC.CC1CCN(CC2CCNCC2)CC1. The molecule has 0 bridgehead atoms. The smallest absolute Gasteiger partial charge is 0.00106 e. The van der Waals surface area contributed by atoms with Crippen LogP contribution >= 0.6 is 0 Å². The van der Waals surface area contributed by atoms with Crippen LogP contribution in [0.25, 0.3) is 0 Å². The Bertz CT molecular complexity index is 156. The maximum atomic E-state index is 3.44. The molecule has 0 unspecified atom stereocenters. The third-order valence-corrected chi connectivity index (χ3v) is 3.85. The van der Waals surface area contributed by atoms with Crippen molar-refractivity contribution in [3.8, 4) is 0 Å². The molecule has 2 heterocycles. The molecule has 2 fully saturated rings. The highest BCUT2D eigenvalue weighted by atomic mass is 15.1. The van der Waals surface area contributed by atoms with Gasteiger partial charge >= 0.3 is 0 Å². The number of nitrogens with zero attached hydrogens (tertiary/aromatic N) is 1. The van der Waals surface area contributed by atoms with Crippen LogP contribution < -0.4 is 5.32 Å². The molecule has 1 N–H and O–H groups in total. The van der Waals surface area contributed by atoms with Crippen LogP contribution in [-0.2, 0) is 0 Å². The average molecular weight is 256 g/mol. The van der Waals surface area contributed by atoms with E-state index in [1.807, 2.05) is 27.7 Å². The molecule has 0 amide bonds. The number of piperidine rings is 2. The minimum Gasteiger partial charge on any atom is -0.317 e. The molecule has 2 aliphatic rings. The summed E-state index contributed by atoms with van der Waals surface area (Å²) in [5.74, 6) is 1.95. The second kappa shape index (κ2) is 12.0. The average Bonchev–Trinajstić information content (AvgIpc) is 2.47. The lowest BCUT2D eigenvalue weighted by atomic mass is 9.94. The minimum absolute atomic E-state index is 0.972. The van der Waals surface area contributed by atoms with Crippen molar-refractivity contribution in [1.29, 1.82) is 0 Å². The van der Waals surface area contributed by atoms with Crippen LogP contribution in [0.15, 0.2) is 0 Å². The van der Waals surface area contributed by atoms with Gasteiger partial charge in [-0.1, -0.05) is 34.6 Å². The fourth-order valence-corrected chi connectivity index (χ4v) is 2.67. The Balaban J connectivity index is 0.000000659. The predicted molar refractivity (Wildman–Crippen MR) is 83.1 cm³/mol. The summed E-state index contributed by atoms with van der Waals surface area (Å²) in [7, 11) is 0. The van der Waals surface area contributed by atoms with Crippen LogP contribution in [0.2, 0.25) is 0 Å². The fourth-order valence-electron chi connectivity index (χ4n) is 2.67. The second-order valence-corrected chi connectivity index (χ2v) is 5.18. The summed E-state index contributed by atoms with van der Waals surface area (Å²) in [6.45, 7) is 17.0. The van der Waals surface area contributed by atoms with Gasteiger partial charge in [-0.05, 0) is 63.7 Å². The first kappa shape index (κ1) is 17.9. The molecule has 0 aliphatic carbocycles. The lowest BCUT2D eigenvalue weighted by molar-refractivity contribution is 0.154. The van der Waals surface area contributed by atoms with E-state index in [1.54, 1.807) is 0 Å².